The van der Waals surface area contributed by atoms with Crippen LogP contribution in [0.5, 0.6) is 0 Å². The molecule has 0 bridgehead atoms. The van der Waals surface area contributed by atoms with Crippen LogP contribution in [-0.2, 0) is 19.1 Å². The van der Waals surface area contributed by atoms with E-state index in [4.69, 9.17) is 19.4 Å². The Morgan fingerprint density at radius 3 is 1.25 bits per heavy atom. The largest absolute Gasteiger partial charge is 0.444 e. The van der Waals surface area contributed by atoms with E-state index < -0.39 is 35.5 Å². The maximum Gasteiger partial charge on any atom is 0.408 e. The number of carbonyl (C=O) groups is 4. The van der Waals surface area contributed by atoms with Crippen molar-refractivity contribution in [1.29, 1.82) is 0 Å². The topological polar surface area (TPSA) is 175 Å². The highest BCUT2D eigenvalue weighted by Gasteiger charge is 2.39. The summed E-state index contributed by atoms with van der Waals surface area (Å²) in [5.74, 6) is 0.911. The normalized spacial score (nSPS) is 18.1. The molecule has 2 aliphatic rings. The van der Waals surface area contributed by atoms with E-state index in [9.17, 15) is 19.2 Å². The Morgan fingerprint density at radius 1 is 0.600 bits per heavy atom. The number of hydrogen-bond donors (Lipinski definition) is 4. The number of rotatable bonds is 11. The Morgan fingerprint density at radius 2 is 0.933 bits per heavy atom. The second kappa shape index (κ2) is 17.9. The molecule has 14 heteroatoms. The van der Waals surface area contributed by atoms with Crippen LogP contribution in [0.1, 0.15) is 119 Å². The van der Waals surface area contributed by atoms with Crippen molar-refractivity contribution in [3.05, 3.63) is 72.6 Å². The SMILES string of the molecule is CC(C)[C@H](NC(=O)OC(C)(C)C)C(=O)N1CCC[C@H]1c1ncc(-c2ccc(-c3ccc(-c4cnc([C@@H]5CCCN5C(=O)[C@@H](NC(=O)OC(C)(C)C)C(C)C)[nH]4)cc3)cc2)[nH]1. The average Bonchev–Trinajstić information content (AvgIpc) is 4.01. The highest BCUT2D eigenvalue weighted by atomic mass is 16.6. The first kappa shape index (κ1) is 43.9. The van der Waals surface area contributed by atoms with Gasteiger partial charge in [0.25, 0.3) is 0 Å². The van der Waals surface area contributed by atoms with Gasteiger partial charge in [-0.1, -0.05) is 76.2 Å². The Balaban J connectivity index is 1.09. The zero-order chi connectivity index (χ0) is 43.5. The predicted molar refractivity (Wildman–Crippen MR) is 230 cm³/mol. The molecule has 0 radical (unpaired) electrons. The molecule has 0 unspecified atom stereocenters. The van der Waals surface area contributed by atoms with Gasteiger partial charge in [-0.25, -0.2) is 19.6 Å². The van der Waals surface area contributed by atoms with Crippen LogP contribution in [0.4, 0.5) is 9.59 Å². The van der Waals surface area contributed by atoms with Gasteiger partial charge in [-0.05, 0) is 101 Å². The molecular weight excluding hydrogens is 761 g/mol. The van der Waals surface area contributed by atoms with Crippen LogP contribution in [0.25, 0.3) is 33.6 Å². The molecule has 4 N–H and O–H groups in total. The molecule has 0 spiro atoms. The van der Waals surface area contributed by atoms with Gasteiger partial charge in [-0.2, -0.15) is 0 Å². The molecule has 4 atom stereocenters. The third kappa shape index (κ3) is 10.6. The van der Waals surface area contributed by atoms with E-state index in [0.29, 0.717) is 13.1 Å². The van der Waals surface area contributed by atoms with Crippen LogP contribution >= 0.6 is 0 Å². The van der Waals surface area contributed by atoms with Gasteiger partial charge in [0.1, 0.15) is 34.9 Å². The van der Waals surface area contributed by atoms with Crippen molar-refractivity contribution in [3.63, 3.8) is 0 Å². The van der Waals surface area contributed by atoms with Gasteiger partial charge in [-0.15, -0.1) is 0 Å². The van der Waals surface area contributed by atoms with E-state index in [-0.39, 0.29) is 35.7 Å². The smallest absolute Gasteiger partial charge is 0.408 e. The summed E-state index contributed by atoms with van der Waals surface area (Å²) in [4.78, 5) is 72.8. The van der Waals surface area contributed by atoms with Gasteiger partial charge in [-0.3, -0.25) is 9.59 Å². The lowest BCUT2D eigenvalue weighted by Gasteiger charge is -2.31. The summed E-state index contributed by atoms with van der Waals surface area (Å²) in [5.41, 5.74) is 4.44. The number of hydrogen-bond acceptors (Lipinski definition) is 8. The molecule has 2 saturated heterocycles. The minimum atomic E-state index is -0.714. The van der Waals surface area contributed by atoms with Crippen LogP contribution in [0.15, 0.2) is 60.9 Å². The molecule has 2 aromatic heterocycles. The van der Waals surface area contributed by atoms with Crippen LogP contribution in [0.3, 0.4) is 0 Å². The van der Waals surface area contributed by atoms with Crippen LogP contribution in [0.2, 0.25) is 0 Å². The number of ether oxygens (including phenoxy) is 2. The van der Waals surface area contributed by atoms with Crippen molar-refractivity contribution in [3.8, 4) is 33.6 Å². The van der Waals surface area contributed by atoms with E-state index in [1.807, 2.05) is 49.9 Å². The molecule has 60 heavy (non-hydrogen) atoms. The number of aromatic nitrogens is 4. The van der Waals surface area contributed by atoms with Crippen molar-refractivity contribution >= 4 is 24.0 Å². The third-order valence-corrected chi connectivity index (χ3v) is 10.8. The second-order valence-electron chi connectivity index (χ2n) is 18.6. The first-order valence-corrected chi connectivity index (χ1v) is 21.2. The number of amides is 4. The number of carbonyl (C=O) groups excluding carboxylic acids is 4. The fourth-order valence-corrected chi connectivity index (χ4v) is 7.87. The zero-order valence-corrected chi connectivity index (χ0v) is 36.7. The molecular formula is C46H62N8O6. The van der Waals surface area contributed by atoms with Crippen molar-refractivity contribution in [2.24, 2.45) is 11.8 Å². The molecule has 0 aliphatic carbocycles. The van der Waals surface area contributed by atoms with Crippen LogP contribution in [0, 0.1) is 11.8 Å². The van der Waals surface area contributed by atoms with Crippen molar-refractivity contribution in [2.75, 3.05) is 13.1 Å². The average molecular weight is 823 g/mol. The summed E-state index contributed by atoms with van der Waals surface area (Å²) >= 11 is 0. The molecule has 4 heterocycles. The Hall–Kier alpha value is -5.66. The summed E-state index contributed by atoms with van der Waals surface area (Å²) in [6.45, 7) is 19.6. The van der Waals surface area contributed by atoms with Gasteiger partial charge in [0.2, 0.25) is 11.8 Å². The minimum Gasteiger partial charge on any atom is -0.444 e. The maximum atomic E-state index is 13.8. The summed E-state index contributed by atoms with van der Waals surface area (Å²) in [5, 5.41) is 5.60. The van der Waals surface area contributed by atoms with Gasteiger partial charge in [0.05, 0.1) is 35.9 Å². The Labute approximate surface area is 353 Å². The first-order valence-electron chi connectivity index (χ1n) is 21.2. The number of likely N-dealkylation sites (tertiary alicyclic amines) is 2. The quantitative estimate of drug-likeness (QED) is 0.116. The van der Waals surface area contributed by atoms with E-state index >= 15 is 0 Å². The molecule has 2 aliphatic heterocycles. The Kier molecular flexibility index (Phi) is 13.1. The highest BCUT2D eigenvalue weighted by Crippen LogP contribution is 2.35. The van der Waals surface area contributed by atoms with Gasteiger partial charge >= 0.3 is 12.2 Å². The number of alkyl carbamates (subject to hydrolysis) is 2. The summed E-state index contributed by atoms with van der Waals surface area (Å²) in [7, 11) is 0. The maximum absolute atomic E-state index is 13.8. The first-order chi connectivity index (χ1) is 28.3. The van der Waals surface area contributed by atoms with E-state index in [0.717, 1.165) is 71.0 Å². The number of nitrogens with zero attached hydrogens (tertiary/aromatic N) is 4. The standard InChI is InChI=1S/C46H62N8O6/c1-27(2)37(51-43(57)59-45(5,6)7)41(55)53-23-11-13-35(53)39-47-25-33(49-39)31-19-15-29(16-20-31)30-17-21-32(22-18-30)34-26-48-40(50-34)36-14-12-24-54(36)42(56)38(28(3)4)52-44(58)60-46(8,9)10/h15-22,25-28,35-38H,11-14,23-24H2,1-10H3,(H,47,49)(H,48,50)(H,51,57)(H,52,58)/t35-,36-,37-,38-/m0/s1. The molecule has 14 nitrogen and oxygen atoms in total. The highest BCUT2D eigenvalue weighted by molar-refractivity contribution is 5.87. The fourth-order valence-electron chi connectivity index (χ4n) is 7.87. The van der Waals surface area contributed by atoms with Crippen LogP contribution < -0.4 is 10.6 Å². The molecule has 6 rings (SSSR count). The van der Waals surface area contributed by atoms with Gasteiger partial charge in [0, 0.05) is 13.1 Å². The molecule has 2 fully saturated rings. The summed E-state index contributed by atoms with van der Waals surface area (Å²) < 4.78 is 10.9. The number of nitrogens with one attached hydrogen (secondary N) is 4. The predicted octanol–water partition coefficient (Wildman–Crippen LogP) is 8.56. The number of aromatic amines is 2. The lowest BCUT2D eigenvalue weighted by molar-refractivity contribution is -0.136. The van der Waals surface area contributed by atoms with E-state index in [2.05, 4.69) is 69.1 Å². The lowest BCUT2D eigenvalue weighted by atomic mass is 10.0. The minimum absolute atomic E-state index is 0.126. The fraction of sp³-hybridized carbons (Fsp3) is 0.522. The van der Waals surface area contributed by atoms with Gasteiger partial charge < -0.3 is 39.9 Å². The van der Waals surface area contributed by atoms with Crippen molar-refractivity contribution in [2.45, 2.75) is 130 Å². The molecule has 4 amide bonds. The Bertz CT molecular complexity index is 1970. The number of benzene rings is 2. The number of imidazole rings is 2. The molecule has 322 valence electrons. The lowest BCUT2D eigenvalue weighted by Crippen LogP contribution is -2.52. The van der Waals surface area contributed by atoms with Crippen molar-refractivity contribution < 1.29 is 28.7 Å². The molecule has 2 aromatic carbocycles. The third-order valence-electron chi connectivity index (χ3n) is 10.8. The van der Waals surface area contributed by atoms with Gasteiger partial charge in [0.15, 0.2) is 0 Å². The van der Waals surface area contributed by atoms with Crippen LogP contribution in [-0.4, -0.2) is 90.1 Å². The summed E-state index contributed by atoms with van der Waals surface area (Å²) in [6, 6.07) is 14.7. The monoisotopic (exact) mass is 822 g/mol. The molecule has 4 aromatic rings. The molecule has 0 saturated carbocycles. The van der Waals surface area contributed by atoms with E-state index in [1.165, 1.54) is 0 Å². The van der Waals surface area contributed by atoms with Crippen molar-refractivity contribution in [1.82, 2.24) is 40.4 Å². The number of H-pyrrole nitrogens is 2. The van der Waals surface area contributed by atoms with E-state index in [1.54, 1.807) is 41.5 Å². The second-order valence-corrected chi connectivity index (χ2v) is 18.6. The summed E-state index contributed by atoms with van der Waals surface area (Å²) in [6.07, 6.45) is 5.64. The zero-order valence-electron chi connectivity index (χ0n) is 36.7.